The maximum atomic E-state index is 9.00. The van der Waals surface area contributed by atoms with Gasteiger partial charge in [-0.25, -0.2) is 0 Å². The van der Waals surface area contributed by atoms with Crippen LogP contribution in [-0.4, -0.2) is 37.0 Å². The summed E-state index contributed by atoms with van der Waals surface area (Å²) in [7, 11) is 1.69. The first-order chi connectivity index (χ1) is 5.55. The topological polar surface area (TPSA) is 41.5 Å². The van der Waals surface area contributed by atoms with Gasteiger partial charge in [-0.1, -0.05) is 6.92 Å². The summed E-state index contributed by atoms with van der Waals surface area (Å²) in [4.78, 5) is 0. The fourth-order valence-electron chi connectivity index (χ4n) is 1.17. The Kier molecular flexibility index (Phi) is 5.46. The normalized spacial score (nSPS) is 14.8. The maximum Gasteiger partial charge on any atom is 0.0638 e. The van der Waals surface area contributed by atoms with Gasteiger partial charge >= 0.3 is 0 Å². The zero-order valence-corrected chi connectivity index (χ0v) is 8.55. The lowest BCUT2D eigenvalue weighted by molar-refractivity contribution is 0.00187. The monoisotopic (exact) mass is 175 g/mol. The molecule has 0 saturated heterocycles. The molecule has 3 nitrogen and oxygen atoms in total. The Bertz CT molecular complexity index is 115. The second-order valence-electron chi connectivity index (χ2n) is 3.61. The first-order valence-electron chi connectivity index (χ1n) is 4.45. The van der Waals surface area contributed by atoms with Crippen molar-refractivity contribution in [1.29, 1.82) is 0 Å². The van der Waals surface area contributed by atoms with E-state index < -0.39 is 0 Å². The molecule has 0 aliphatic rings. The van der Waals surface area contributed by atoms with Crippen LogP contribution in [0.1, 0.15) is 27.2 Å². The molecule has 0 heterocycles. The highest BCUT2D eigenvalue weighted by molar-refractivity contribution is 4.77. The van der Waals surface area contributed by atoms with E-state index >= 15 is 0 Å². The molecule has 0 aliphatic carbocycles. The Morgan fingerprint density at radius 1 is 1.50 bits per heavy atom. The van der Waals surface area contributed by atoms with Crippen molar-refractivity contribution in [2.75, 3.05) is 20.3 Å². The highest BCUT2D eigenvalue weighted by Gasteiger charge is 2.21. The van der Waals surface area contributed by atoms with Crippen LogP contribution in [0.4, 0.5) is 0 Å². The van der Waals surface area contributed by atoms with Crippen LogP contribution in [0, 0.1) is 0 Å². The molecule has 12 heavy (non-hydrogen) atoms. The summed E-state index contributed by atoms with van der Waals surface area (Å²) in [5.74, 6) is 0. The molecule has 0 spiro atoms. The van der Waals surface area contributed by atoms with E-state index in [1.807, 2.05) is 20.8 Å². The molecule has 74 valence electrons. The van der Waals surface area contributed by atoms with Gasteiger partial charge in [0.15, 0.2) is 0 Å². The Morgan fingerprint density at radius 2 is 2.08 bits per heavy atom. The van der Waals surface area contributed by atoms with Crippen molar-refractivity contribution >= 4 is 0 Å². The second-order valence-corrected chi connectivity index (χ2v) is 3.61. The quantitative estimate of drug-likeness (QED) is 0.626. The predicted octanol–water partition coefficient (Wildman–Crippen LogP) is 0.772. The van der Waals surface area contributed by atoms with Gasteiger partial charge in [0, 0.05) is 13.2 Å². The number of methoxy groups -OCH3 is 1. The first-order valence-corrected chi connectivity index (χ1v) is 4.45. The maximum absolute atomic E-state index is 9.00. The molecular weight excluding hydrogens is 154 g/mol. The molecule has 0 fully saturated rings. The predicted molar refractivity (Wildman–Crippen MR) is 50.3 cm³/mol. The van der Waals surface area contributed by atoms with Crippen molar-refractivity contribution in [1.82, 2.24) is 5.32 Å². The molecular formula is C9H21NO2. The molecule has 0 amide bonds. The molecule has 0 bridgehead atoms. The van der Waals surface area contributed by atoms with Crippen molar-refractivity contribution in [2.45, 2.75) is 38.8 Å². The second kappa shape index (κ2) is 5.51. The molecule has 0 radical (unpaired) electrons. The Morgan fingerprint density at radius 3 is 2.42 bits per heavy atom. The van der Waals surface area contributed by atoms with Crippen molar-refractivity contribution in [3.63, 3.8) is 0 Å². The van der Waals surface area contributed by atoms with E-state index in [-0.39, 0.29) is 18.2 Å². The summed E-state index contributed by atoms with van der Waals surface area (Å²) >= 11 is 0. The van der Waals surface area contributed by atoms with Crippen molar-refractivity contribution in [3.8, 4) is 0 Å². The number of hydrogen-bond acceptors (Lipinski definition) is 3. The van der Waals surface area contributed by atoms with Gasteiger partial charge in [-0.15, -0.1) is 0 Å². The third kappa shape index (κ3) is 4.70. The minimum atomic E-state index is -0.157. The number of rotatable bonds is 6. The summed E-state index contributed by atoms with van der Waals surface area (Å²) < 4.78 is 5.27. The van der Waals surface area contributed by atoms with Gasteiger partial charge in [0.25, 0.3) is 0 Å². The third-order valence-corrected chi connectivity index (χ3v) is 2.00. The average Bonchev–Trinajstić information content (AvgIpc) is 2.03. The van der Waals surface area contributed by atoms with Crippen LogP contribution >= 0.6 is 0 Å². The fraction of sp³-hybridized carbons (Fsp3) is 1.00. The van der Waals surface area contributed by atoms with E-state index in [1.165, 1.54) is 0 Å². The molecule has 0 aromatic heterocycles. The summed E-state index contributed by atoms with van der Waals surface area (Å²) in [6, 6.07) is 0.143. The van der Waals surface area contributed by atoms with E-state index in [2.05, 4.69) is 5.32 Å². The van der Waals surface area contributed by atoms with Crippen LogP contribution in [-0.2, 0) is 4.74 Å². The van der Waals surface area contributed by atoms with E-state index in [0.29, 0.717) is 0 Å². The molecule has 1 atom stereocenters. The summed E-state index contributed by atoms with van der Waals surface area (Å²) in [6.07, 6.45) is 0.827. The molecule has 0 aliphatic heterocycles. The Balaban J connectivity index is 3.83. The van der Waals surface area contributed by atoms with Crippen LogP contribution in [0.15, 0.2) is 0 Å². The largest absolute Gasteiger partial charge is 0.395 e. The van der Waals surface area contributed by atoms with Gasteiger partial charge in [-0.3, -0.25) is 0 Å². The van der Waals surface area contributed by atoms with E-state index in [0.717, 1.165) is 13.0 Å². The van der Waals surface area contributed by atoms with Gasteiger partial charge in [0.1, 0.15) is 0 Å². The van der Waals surface area contributed by atoms with E-state index in [9.17, 15) is 0 Å². The Hall–Kier alpha value is -0.120. The van der Waals surface area contributed by atoms with Gasteiger partial charge in [-0.2, -0.15) is 0 Å². The molecule has 0 aromatic carbocycles. The van der Waals surface area contributed by atoms with Crippen molar-refractivity contribution in [2.24, 2.45) is 0 Å². The van der Waals surface area contributed by atoms with Crippen LogP contribution in [0.3, 0.4) is 0 Å². The van der Waals surface area contributed by atoms with Crippen LogP contribution < -0.4 is 5.32 Å². The fourth-order valence-corrected chi connectivity index (χ4v) is 1.17. The van der Waals surface area contributed by atoms with Crippen molar-refractivity contribution in [3.05, 3.63) is 0 Å². The van der Waals surface area contributed by atoms with Crippen LogP contribution in [0.25, 0.3) is 0 Å². The van der Waals surface area contributed by atoms with E-state index in [1.54, 1.807) is 7.11 Å². The zero-order chi connectivity index (χ0) is 9.61. The number of ether oxygens (including phenoxy) is 1. The summed E-state index contributed by atoms with van der Waals surface area (Å²) in [5, 5.41) is 12.2. The average molecular weight is 175 g/mol. The van der Waals surface area contributed by atoms with Gasteiger partial charge in [0.05, 0.1) is 12.2 Å². The molecule has 0 rings (SSSR count). The van der Waals surface area contributed by atoms with Gasteiger partial charge in [-0.05, 0) is 26.8 Å². The lowest BCUT2D eigenvalue weighted by Crippen LogP contribution is -2.39. The third-order valence-electron chi connectivity index (χ3n) is 2.00. The highest BCUT2D eigenvalue weighted by atomic mass is 16.5. The molecule has 2 N–H and O–H groups in total. The molecule has 0 aromatic rings. The van der Waals surface area contributed by atoms with Crippen molar-refractivity contribution < 1.29 is 9.84 Å². The summed E-state index contributed by atoms with van der Waals surface area (Å²) in [6.45, 7) is 7.12. The SMILES string of the molecule is CCNC(CO)CC(C)(C)OC. The van der Waals surface area contributed by atoms with Gasteiger partial charge < -0.3 is 15.2 Å². The lowest BCUT2D eigenvalue weighted by Gasteiger charge is -2.27. The minimum absolute atomic E-state index is 0.143. The number of aliphatic hydroxyl groups is 1. The number of likely N-dealkylation sites (N-methyl/N-ethyl adjacent to an activating group) is 1. The van der Waals surface area contributed by atoms with Crippen LogP contribution in [0.2, 0.25) is 0 Å². The number of hydrogen-bond donors (Lipinski definition) is 2. The Labute approximate surface area is 75.1 Å². The number of aliphatic hydroxyl groups excluding tert-OH is 1. The first kappa shape index (κ1) is 11.9. The highest BCUT2D eigenvalue weighted by Crippen LogP contribution is 2.15. The molecule has 3 heteroatoms. The molecule has 1 unspecified atom stereocenters. The van der Waals surface area contributed by atoms with E-state index in [4.69, 9.17) is 9.84 Å². The minimum Gasteiger partial charge on any atom is -0.395 e. The lowest BCUT2D eigenvalue weighted by atomic mass is 9.99. The number of nitrogens with one attached hydrogen (secondary N) is 1. The smallest absolute Gasteiger partial charge is 0.0638 e. The molecule has 0 saturated carbocycles. The van der Waals surface area contributed by atoms with Gasteiger partial charge in [0.2, 0.25) is 0 Å². The summed E-state index contributed by atoms with van der Waals surface area (Å²) in [5.41, 5.74) is -0.157. The van der Waals surface area contributed by atoms with Crippen LogP contribution in [0.5, 0.6) is 0 Å². The zero-order valence-electron chi connectivity index (χ0n) is 8.55. The standard InChI is InChI=1S/C9H21NO2/c1-5-10-8(7-11)6-9(2,3)12-4/h8,10-11H,5-7H2,1-4H3.